The molecule has 1 aliphatic rings. The lowest BCUT2D eigenvalue weighted by Gasteiger charge is -2.23. The predicted octanol–water partition coefficient (Wildman–Crippen LogP) is 1.97. The van der Waals surface area contributed by atoms with Crippen molar-refractivity contribution >= 4 is 11.7 Å². The summed E-state index contributed by atoms with van der Waals surface area (Å²) in [4.78, 5) is 20.3. The van der Waals surface area contributed by atoms with E-state index in [1.165, 1.54) is 0 Å². The van der Waals surface area contributed by atoms with E-state index >= 15 is 0 Å². The van der Waals surface area contributed by atoms with Crippen LogP contribution in [0.2, 0.25) is 0 Å². The zero-order chi connectivity index (χ0) is 14.7. The highest BCUT2D eigenvalue weighted by molar-refractivity contribution is 5.88. The molecule has 0 aliphatic carbocycles. The van der Waals surface area contributed by atoms with Gasteiger partial charge >= 0.3 is 6.03 Å². The van der Waals surface area contributed by atoms with Gasteiger partial charge in [-0.15, -0.1) is 0 Å². The van der Waals surface area contributed by atoms with Gasteiger partial charge in [0.2, 0.25) is 0 Å². The number of nitrogens with one attached hydrogen (secondary N) is 2. The van der Waals surface area contributed by atoms with E-state index < -0.39 is 0 Å². The average molecular weight is 285 g/mol. The van der Waals surface area contributed by atoms with E-state index in [1.807, 2.05) is 31.5 Å². The van der Waals surface area contributed by atoms with Gasteiger partial charge in [0.1, 0.15) is 5.82 Å². The van der Waals surface area contributed by atoms with E-state index in [4.69, 9.17) is 0 Å². The first-order valence-corrected chi connectivity index (χ1v) is 7.18. The smallest absolute Gasteiger partial charge is 0.319 e. The highest BCUT2D eigenvalue weighted by atomic mass is 16.2. The number of pyridine rings is 1. The third kappa shape index (κ3) is 3.39. The zero-order valence-corrected chi connectivity index (χ0v) is 12.0. The number of amides is 2. The predicted molar refractivity (Wildman–Crippen MR) is 80.0 cm³/mol. The molecular weight excluding hydrogens is 266 g/mol. The van der Waals surface area contributed by atoms with E-state index in [9.17, 15) is 4.79 Å². The number of imidazole rings is 1. The minimum Gasteiger partial charge on any atom is -0.338 e. The lowest BCUT2D eigenvalue weighted by molar-refractivity contribution is 0.248. The fraction of sp³-hybridized carbons (Fsp3) is 0.400. The standard InChI is InChI=1S/C15H19N5O/c1-11-2-3-13(10-17-11)19-15(21)18-9-12-4-6-20-7-5-16-14(20)8-12/h2-3,5,7,10,12H,4,6,8-9H2,1H3,(H2,18,19,21)/t12-/m1/s1. The number of aromatic nitrogens is 3. The number of carbonyl (C=O) groups excluding carboxylic acids is 1. The second-order valence-corrected chi connectivity index (χ2v) is 5.42. The van der Waals surface area contributed by atoms with E-state index in [1.54, 1.807) is 6.20 Å². The van der Waals surface area contributed by atoms with Crippen LogP contribution in [0.3, 0.4) is 0 Å². The van der Waals surface area contributed by atoms with E-state index in [-0.39, 0.29) is 6.03 Å². The summed E-state index contributed by atoms with van der Waals surface area (Å²) in [5.74, 6) is 1.55. The minimum atomic E-state index is -0.186. The largest absolute Gasteiger partial charge is 0.338 e. The lowest BCUT2D eigenvalue weighted by Crippen LogP contribution is -2.35. The molecule has 0 fully saturated rings. The monoisotopic (exact) mass is 285 g/mol. The summed E-state index contributed by atoms with van der Waals surface area (Å²) in [5, 5.41) is 5.71. The van der Waals surface area contributed by atoms with Crippen molar-refractivity contribution in [1.82, 2.24) is 19.9 Å². The van der Waals surface area contributed by atoms with Crippen LogP contribution in [0.4, 0.5) is 10.5 Å². The number of anilines is 1. The summed E-state index contributed by atoms with van der Waals surface area (Å²) >= 11 is 0. The Morgan fingerprint density at radius 3 is 3.14 bits per heavy atom. The normalized spacial score (nSPS) is 17.1. The molecule has 0 unspecified atom stereocenters. The Labute approximate surface area is 123 Å². The molecule has 2 aromatic rings. The quantitative estimate of drug-likeness (QED) is 0.905. The minimum absolute atomic E-state index is 0.186. The zero-order valence-electron chi connectivity index (χ0n) is 12.0. The molecule has 2 aromatic heterocycles. The number of hydrogen-bond donors (Lipinski definition) is 2. The highest BCUT2D eigenvalue weighted by Gasteiger charge is 2.19. The van der Waals surface area contributed by atoms with Gasteiger partial charge in [0.25, 0.3) is 0 Å². The van der Waals surface area contributed by atoms with Gasteiger partial charge in [-0.25, -0.2) is 9.78 Å². The number of urea groups is 1. The molecule has 0 spiro atoms. The number of aryl methyl sites for hydroxylation is 2. The lowest BCUT2D eigenvalue weighted by atomic mass is 9.98. The topological polar surface area (TPSA) is 71.8 Å². The molecule has 1 aliphatic heterocycles. The third-order valence-corrected chi connectivity index (χ3v) is 3.77. The van der Waals surface area contributed by atoms with E-state index in [0.29, 0.717) is 18.2 Å². The van der Waals surface area contributed by atoms with Crippen molar-refractivity contribution in [1.29, 1.82) is 0 Å². The molecule has 21 heavy (non-hydrogen) atoms. The van der Waals surface area contributed by atoms with Gasteiger partial charge in [0.15, 0.2) is 0 Å². The summed E-state index contributed by atoms with van der Waals surface area (Å²) in [6, 6.07) is 3.53. The Kier molecular flexibility index (Phi) is 3.85. The first-order valence-electron chi connectivity index (χ1n) is 7.18. The average Bonchev–Trinajstić information content (AvgIpc) is 2.95. The van der Waals surface area contributed by atoms with Crippen LogP contribution in [0.5, 0.6) is 0 Å². The summed E-state index contributed by atoms with van der Waals surface area (Å²) < 4.78 is 2.18. The SMILES string of the molecule is Cc1ccc(NC(=O)NC[C@@H]2CCn3ccnc3C2)cn1. The Balaban J connectivity index is 1.47. The molecule has 6 heteroatoms. The molecule has 3 heterocycles. The Hall–Kier alpha value is -2.37. The van der Waals surface area contributed by atoms with Gasteiger partial charge in [-0.05, 0) is 31.4 Å². The maximum atomic E-state index is 11.9. The van der Waals surface area contributed by atoms with E-state index in [0.717, 1.165) is 30.9 Å². The number of carbonyl (C=O) groups is 1. The second-order valence-electron chi connectivity index (χ2n) is 5.42. The molecule has 0 saturated carbocycles. The molecule has 0 radical (unpaired) electrons. The van der Waals surface area contributed by atoms with Crippen molar-refractivity contribution in [2.45, 2.75) is 26.3 Å². The van der Waals surface area contributed by atoms with Crippen molar-refractivity contribution in [3.63, 3.8) is 0 Å². The van der Waals surface area contributed by atoms with Crippen molar-refractivity contribution in [2.75, 3.05) is 11.9 Å². The van der Waals surface area contributed by atoms with Crippen LogP contribution < -0.4 is 10.6 Å². The molecule has 6 nitrogen and oxygen atoms in total. The van der Waals surface area contributed by atoms with Gasteiger partial charge in [-0.3, -0.25) is 4.98 Å². The van der Waals surface area contributed by atoms with Crippen molar-refractivity contribution in [3.05, 3.63) is 42.2 Å². The number of fused-ring (bicyclic) bond motifs is 1. The molecule has 1 atom stereocenters. The summed E-state index contributed by atoms with van der Waals surface area (Å²) in [7, 11) is 0. The molecule has 0 aromatic carbocycles. The van der Waals surface area contributed by atoms with E-state index in [2.05, 4.69) is 25.2 Å². The summed E-state index contributed by atoms with van der Waals surface area (Å²) in [6.45, 7) is 3.56. The molecule has 2 amide bonds. The highest BCUT2D eigenvalue weighted by Crippen LogP contribution is 2.18. The second kappa shape index (κ2) is 5.95. The fourth-order valence-electron chi connectivity index (χ4n) is 2.54. The molecular formula is C15H19N5O. The van der Waals surface area contributed by atoms with Crippen molar-refractivity contribution in [2.24, 2.45) is 5.92 Å². The molecule has 0 bridgehead atoms. The Morgan fingerprint density at radius 1 is 1.43 bits per heavy atom. The molecule has 0 saturated heterocycles. The third-order valence-electron chi connectivity index (χ3n) is 3.77. The number of rotatable bonds is 3. The van der Waals surface area contributed by atoms with Crippen LogP contribution in [-0.4, -0.2) is 27.1 Å². The van der Waals surface area contributed by atoms with Crippen LogP contribution >= 0.6 is 0 Å². The molecule has 110 valence electrons. The molecule has 2 N–H and O–H groups in total. The van der Waals surface area contributed by atoms with Gasteiger partial charge in [0.05, 0.1) is 11.9 Å². The van der Waals surface area contributed by atoms with Crippen LogP contribution in [0.25, 0.3) is 0 Å². The van der Waals surface area contributed by atoms with Crippen LogP contribution in [-0.2, 0) is 13.0 Å². The Morgan fingerprint density at radius 2 is 2.33 bits per heavy atom. The summed E-state index contributed by atoms with van der Waals surface area (Å²) in [5.41, 5.74) is 1.64. The molecule has 3 rings (SSSR count). The van der Waals surface area contributed by atoms with Gasteiger partial charge in [0, 0.05) is 37.6 Å². The maximum absolute atomic E-state index is 11.9. The Bertz CT molecular complexity index is 619. The first kappa shape index (κ1) is 13.6. The fourth-order valence-corrected chi connectivity index (χ4v) is 2.54. The maximum Gasteiger partial charge on any atom is 0.319 e. The number of nitrogens with zero attached hydrogens (tertiary/aromatic N) is 3. The number of hydrogen-bond acceptors (Lipinski definition) is 3. The summed E-state index contributed by atoms with van der Waals surface area (Å²) in [6.07, 6.45) is 7.49. The van der Waals surface area contributed by atoms with Gasteiger partial charge < -0.3 is 15.2 Å². The van der Waals surface area contributed by atoms with Gasteiger partial charge in [-0.1, -0.05) is 0 Å². The van der Waals surface area contributed by atoms with Crippen molar-refractivity contribution in [3.8, 4) is 0 Å². The van der Waals surface area contributed by atoms with Crippen LogP contribution in [0.1, 0.15) is 17.9 Å². The van der Waals surface area contributed by atoms with Crippen LogP contribution in [0.15, 0.2) is 30.7 Å². The first-order chi connectivity index (χ1) is 10.2. The van der Waals surface area contributed by atoms with Gasteiger partial charge in [-0.2, -0.15) is 0 Å². The van der Waals surface area contributed by atoms with Crippen molar-refractivity contribution < 1.29 is 4.79 Å². The van der Waals surface area contributed by atoms with Crippen LogP contribution in [0, 0.1) is 12.8 Å².